The normalized spacial score (nSPS) is 12.8. The number of aromatic nitrogens is 4. The van der Waals surface area contributed by atoms with Crippen LogP contribution >= 0.6 is 0 Å². The molecule has 0 saturated heterocycles. The molecule has 11 rings (SSSR count). The predicted molar refractivity (Wildman–Crippen MR) is 240 cm³/mol. The van der Waals surface area contributed by atoms with Gasteiger partial charge in [-0.15, -0.1) is 0 Å². The van der Waals surface area contributed by atoms with Gasteiger partial charge in [-0.25, -0.2) is 9.97 Å². The lowest BCUT2D eigenvalue weighted by Crippen LogP contribution is -2.75. The van der Waals surface area contributed by atoms with Crippen LogP contribution in [0.2, 0.25) is 0 Å². The molecule has 4 nitrogen and oxygen atoms in total. The summed E-state index contributed by atoms with van der Waals surface area (Å²) in [4.78, 5) is 10.9. The molecule has 3 aromatic heterocycles. The van der Waals surface area contributed by atoms with Crippen LogP contribution in [0, 0.1) is 0 Å². The first kappa shape index (κ1) is 29.0. The van der Waals surface area contributed by atoms with Crippen molar-refractivity contribution in [3.8, 4) is 23.0 Å². The summed E-state index contributed by atoms with van der Waals surface area (Å²) in [7, 11) is -3.60. The number of fused-ring (bicyclic) bond motifs is 6. The summed E-state index contributed by atoms with van der Waals surface area (Å²) in [6.07, 6.45) is 0. The maximum Gasteiger partial charge on any atom is 0.180 e. The van der Waals surface area contributed by atoms with Crippen molar-refractivity contribution in [1.82, 2.24) is 19.1 Å². The van der Waals surface area contributed by atoms with Gasteiger partial charge in [0.2, 0.25) is 0 Å². The molecule has 0 fully saturated rings. The first-order valence-corrected chi connectivity index (χ1v) is 21.1. The number of para-hydroxylation sites is 4. The Hall–Kier alpha value is -7.34. The van der Waals surface area contributed by atoms with Crippen molar-refractivity contribution in [1.29, 1.82) is 0 Å². The summed E-state index contributed by atoms with van der Waals surface area (Å²) in [6.45, 7) is 0. The van der Waals surface area contributed by atoms with Gasteiger partial charge in [0.05, 0.1) is 27.5 Å². The standard InChI is InChI=1S/C52H36N4Si/c1-4-20-37(21-5-1)57(38-22-6-2-7-23-38,39-24-8-3-9-25-39)49-35-19-14-30-44(49)52-53-50(55-45-31-15-10-26-40(45)41-27-11-16-32-46(41)55)36-51(54-52)56-47-33-17-12-28-42(47)43-29-13-18-34-48(43)56/h1-36H/i14D,19D,30D,35D. The lowest BCUT2D eigenvalue weighted by atomic mass is 10.2. The molecule has 0 aliphatic heterocycles. The SMILES string of the molecule is [2H]c1c([2H])c([2H])c([Si](c2ccccc2)(c2ccccc2)c2ccccc2)c(-c2nc(-n3c4ccccc4c4ccccc43)cc(-n3c4ccccc4c4ccccc43)n2)c1[2H]. The lowest BCUT2D eigenvalue weighted by Gasteiger charge is -2.35. The third-order valence-corrected chi connectivity index (χ3v) is 15.9. The Labute approximate surface area is 337 Å². The van der Waals surface area contributed by atoms with Gasteiger partial charge in [-0.1, -0.05) is 188 Å². The fourth-order valence-electron chi connectivity index (χ4n) is 8.86. The molecule has 0 atom stereocenters. The van der Waals surface area contributed by atoms with Crippen molar-refractivity contribution in [2.24, 2.45) is 0 Å². The summed E-state index contributed by atoms with van der Waals surface area (Å²) in [6, 6.07) is 64.7. The molecule has 0 N–H and O–H groups in total. The monoisotopic (exact) mass is 748 g/mol. The van der Waals surface area contributed by atoms with Crippen LogP contribution < -0.4 is 20.7 Å². The van der Waals surface area contributed by atoms with Gasteiger partial charge < -0.3 is 0 Å². The van der Waals surface area contributed by atoms with E-state index in [-0.39, 0.29) is 35.6 Å². The van der Waals surface area contributed by atoms with Crippen LogP contribution in [0.4, 0.5) is 0 Å². The van der Waals surface area contributed by atoms with E-state index in [1.54, 1.807) is 0 Å². The van der Waals surface area contributed by atoms with E-state index >= 15 is 0 Å². The van der Waals surface area contributed by atoms with E-state index in [4.69, 9.17) is 9.97 Å². The van der Waals surface area contributed by atoms with Gasteiger partial charge in [0.15, 0.2) is 13.9 Å². The second-order valence-corrected chi connectivity index (χ2v) is 18.0. The Morgan fingerprint density at radius 2 is 0.719 bits per heavy atom. The summed E-state index contributed by atoms with van der Waals surface area (Å²) in [5.74, 6) is 1.35. The third kappa shape index (κ3) is 5.13. The molecular weight excluding hydrogens is 709 g/mol. The van der Waals surface area contributed by atoms with Crippen molar-refractivity contribution < 1.29 is 5.48 Å². The average molecular weight is 749 g/mol. The van der Waals surface area contributed by atoms with Crippen LogP contribution in [0.15, 0.2) is 218 Å². The van der Waals surface area contributed by atoms with Crippen molar-refractivity contribution >= 4 is 72.4 Å². The van der Waals surface area contributed by atoms with Gasteiger partial charge in [-0.2, -0.15) is 0 Å². The molecule has 0 bridgehead atoms. The highest BCUT2D eigenvalue weighted by Crippen LogP contribution is 2.35. The number of benzene rings is 8. The highest BCUT2D eigenvalue weighted by Gasteiger charge is 2.43. The zero-order valence-electron chi connectivity index (χ0n) is 34.8. The number of hydrogen-bond donors (Lipinski definition) is 0. The first-order chi connectivity index (χ1) is 30.0. The highest BCUT2D eigenvalue weighted by molar-refractivity contribution is 7.20. The maximum atomic E-state index is 10.0. The molecule has 0 amide bonds. The fraction of sp³-hybridized carbons (Fsp3) is 0. The molecule has 8 aromatic carbocycles. The second-order valence-electron chi connectivity index (χ2n) is 14.2. The Balaban J connectivity index is 1.34. The number of rotatable bonds is 7. The highest BCUT2D eigenvalue weighted by atomic mass is 28.3. The van der Waals surface area contributed by atoms with E-state index in [0.29, 0.717) is 16.8 Å². The van der Waals surface area contributed by atoms with Crippen LogP contribution in [0.1, 0.15) is 5.48 Å². The van der Waals surface area contributed by atoms with Gasteiger partial charge in [-0.05, 0) is 45.0 Å². The van der Waals surface area contributed by atoms with Crippen molar-refractivity contribution in [3.05, 3.63) is 218 Å². The summed E-state index contributed by atoms with van der Waals surface area (Å²) < 4.78 is 42.8. The van der Waals surface area contributed by atoms with Gasteiger partial charge in [0.25, 0.3) is 0 Å². The Morgan fingerprint density at radius 3 is 1.11 bits per heavy atom. The second kappa shape index (κ2) is 13.4. The quantitative estimate of drug-likeness (QED) is 0.120. The van der Waals surface area contributed by atoms with Crippen LogP contribution in [-0.2, 0) is 0 Å². The fourth-order valence-corrected chi connectivity index (χ4v) is 13.6. The zero-order chi connectivity index (χ0) is 41.2. The van der Waals surface area contributed by atoms with E-state index in [0.717, 1.165) is 59.2 Å². The van der Waals surface area contributed by atoms with Crippen LogP contribution in [0.25, 0.3) is 66.6 Å². The Morgan fingerprint density at radius 1 is 0.386 bits per heavy atom. The number of hydrogen-bond acceptors (Lipinski definition) is 2. The first-order valence-electron chi connectivity index (χ1n) is 21.1. The number of nitrogens with zero attached hydrogens (tertiary/aromatic N) is 4. The smallest absolute Gasteiger partial charge is 0.180 e. The lowest BCUT2D eigenvalue weighted by molar-refractivity contribution is 0.995. The maximum absolute atomic E-state index is 10.0. The molecule has 0 aliphatic carbocycles. The van der Waals surface area contributed by atoms with E-state index in [1.807, 2.05) is 109 Å². The Kier molecular flexibility index (Phi) is 6.84. The molecule has 0 saturated carbocycles. The van der Waals surface area contributed by atoms with Crippen molar-refractivity contribution in [2.45, 2.75) is 0 Å². The van der Waals surface area contributed by atoms with E-state index in [2.05, 4.69) is 94.1 Å². The Bertz CT molecular complexity index is 3140. The molecule has 11 aromatic rings. The average Bonchev–Trinajstić information content (AvgIpc) is 3.84. The molecule has 3 heterocycles. The van der Waals surface area contributed by atoms with Gasteiger partial charge in [-0.3, -0.25) is 9.13 Å². The molecule has 268 valence electrons. The third-order valence-electron chi connectivity index (χ3n) is 11.2. The molecule has 0 spiro atoms. The summed E-state index contributed by atoms with van der Waals surface area (Å²) in [5.41, 5.74) is 4.10. The van der Waals surface area contributed by atoms with Gasteiger partial charge >= 0.3 is 0 Å². The van der Waals surface area contributed by atoms with Crippen LogP contribution in [0.5, 0.6) is 0 Å². The van der Waals surface area contributed by atoms with E-state index < -0.39 is 8.07 Å². The molecule has 0 unspecified atom stereocenters. The molecular formula is C52H36N4Si. The minimum atomic E-state index is -3.60. The van der Waals surface area contributed by atoms with Crippen molar-refractivity contribution in [2.75, 3.05) is 0 Å². The molecule has 5 heteroatoms. The van der Waals surface area contributed by atoms with Gasteiger partial charge in [0, 0.05) is 33.2 Å². The largest absolute Gasteiger partial charge is 0.294 e. The topological polar surface area (TPSA) is 35.6 Å². The van der Waals surface area contributed by atoms with E-state index in [9.17, 15) is 5.48 Å². The van der Waals surface area contributed by atoms with Gasteiger partial charge in [0.1, 0.15) is 11.6 Å². The van der Waals surface area contributed by atoms with Crippen LogP contribution in [-0.4, -0.2) is 27.2 Å². The molecule has 0 radical (unpaired) electrons. The predicted octanol–water partition coefficient (Wildman–Crippen LogP) is 9.72. The zero-order valence-corrected chi connectivity index (χ0v) is 31.8. The minimum absolute atomic E-state index is 0.108. The summed E-state index contributed by atoms with van der Waals surface area (Å²) >= 11 is 0. The summed E-state index contributed by atoms with van der Waals surface area (Å²) in [5, 5.41) is 7.70. The van der Waals surface area contributed by atoms with Crippen molar-refractivity contribution in [3.63, 3.8) is 0 Å². The minimum Gasteiger partial charge on any atom is -0.294 e. The molecule has 0 aliphatic rings. The van der Waals surface area contributed by atoms with Crippen LogP contribution in [0.3, 0.4) is 0 Å². The molecule has 57 heavy (non-hydrogen) atoms. The van der Waals surface area contributed by atoms with E-state index in [1.165, 1.54) is 0 Å².